The highest BCUT2D eigenvalue weighted by Gasteiger charge is 2.29. The van der Waals surface area contributed by atoms with Crippen LogP contribution in [0.4, 0.5) is 0 Å². The lowest BCUT2D eigenvalue weighted by Crippen LogP contribution is -2.18. The van der Waals surface area contributed by atoms with Crippen LogP contribution in [0.2, 0.25) is 0 Å². The van der Waals surface area contributed by atoms with Gasteiger partial charge in [-0.25, -0.2) is 0 Å². The smallest absolute Gasteiger partial charge is 0.313 e. The van der Waals surface area contributed by atoms with Gasteiger partial charge < -0.3 is 15.3 Å². The van der Waals surface area contributed by atoms with E-state index in [2.05, 4.69) is 0 Å². The lowest BCUT2D eigenvalue weighted by Gasteiger charge is -2.29. The third-order valence-electron chi connectivity index (χ3n) is 3.18. The van der Waals surface area contributed by atoms with Crippen LogP contribution in [0.1, 0.15) is 52.7 Å². The molecule has 0 aliphatic heterocycles. The predicted octanol–water partition coefficient (Wildman–Crippen LogP) is 3.87. The molecule has 3 N–H and O–H groups in total. The molecule has 0 saturated heterocycles. The highest BCUT2D eigenvalue weighted by Crippen LogP contribution is 2.48. The molecule has 118 valence electrons. The van der Waals surface area contributed by atoms with Gasteiger partial charge in [-0.1, -0.05) is 41.5 Å². The largest absolute Gasteiger partial charge is 0.504 e. The number of carboxylic acids is 1. The summed E-state index contributed by atoms with van der Waals surface area (Å²) in [5.41, 5.74) is 0.905. The molecule has 0 heterocycles. The lowest BCUT2D eigenvalue weighted by molar-refractivity contribution is -0.133. The maximum Gasteiger partial charge on any atom is 0.313 e. The van der Waals surface area contributed by atoms with E-state index in [0.29, 0.717) is 10.5 Å². The molecule has 0 saturated carbocycles. The van der Waals surface area contributed by atoms with Gasteiger partial charge in [0.25, 0.3) is 0 Å². The molecular formula is C16H24O4S. The Morgan fingerprint density at radius 2 is 1.48 bits per heavy atom. The number of hydrogen-bond acceptors (Lipinski definition) is 4. The molecule has 0 aromatic heterocycles. The van der Waals surface area contributed by atoms with E-state index in [9.17, 15) is 15.0 Å². The van der Waals surface area contributed by atoms with E-state index in [1.807, 2.05) is 47.6 Å². The number of phenols is 2. The van der Waals surface area contributed by atoms with Crippen molar-refractivity contribution in [2.75, 3.05) is 5.75 Å². The first kappa shape index (κ1) is 17.7. The maximum atomic E-state index is 10.8. The van der Waals surface area contributed by atoms with Crippen LogP contribution in [0.5, 0.6) is 11.5 Å². The molecule has 0 amide bonds. The van der Waals surface area contributed by atoms with Crippen molar-refractivity contribution in [3.05, 3.63) is 17.2 Å². The molecule has 0 atom stereocenters. The molecule has 0 unspecified atom stereocenters. The zero-order valence-electron chi connectivity index (χ0n) is 13.4. The Morgan fingerprint density at radius 1 is 1.00 bits per heavy atom. The van der Waals surface area contributed by atoms with E-state index < -0.39 is 5.97 Å². The van der Waals surface area contributed by atoms with E-state index in [-0.39, 0.29) is 28.1 Å². The van der Waals surface area contributed by atoms with Gasteiger partial charge in [-0.3, -0.25) is 4.79 Å². The summed E-state index contributed by atoms with van der Waals surface area (Å²) < 4.78 is 0. The van der Waals surface area contributed by atoms with Gasteiger partial charge >= 0.3 is 5.97 Å². The number of hydrogen-bond donors (Lipinski definition) is 3. The summed E-state index contributed by atoms with van der Waals surface area (Å²) in [5.74, 6) is -1.51. The van der Waals surface area contributed by atoms with Gasteiger partial charge in [0.2, 0.25) is 0 Å². The Labute approximate surface area is 130 Å². The minimum absolute atomic E-state index is 0.162. The molecule has 21 heavy (non-hydrogen) atoms. The molecule has 0 aliphatic rings. The van der Waals surface area contributed by atoms with Crippen molar-refractivity contribution in [3.63, 3.8) is 0 Å². The summed E-state index contributed by atoms with van der Waals surface area (Å²) in [4.78, 5) is 11.2. The van der Waals surface area contributed by atoms with Gasteiger partial charge in [0.1, 0.15) is 0 Å². The topological polar surface area (TPSA) is 77.8 Å². The normalized spacial score (nSPS) is 12.5. The minimum Gasteiger partial charge on any atom is -0.504 e. The highest BCUT2D eigenvalue weighted by atomic mass is 32.2. The van der Waals surface area contributed by atoms with Gasteiger partial charge in [-0.15, -0.1) is 11.8 Å². The van der Waals surface area contributed by atoms with E-state index in [1.165, 1.54) is 0 Å². The first-order valence-electron chi connectivity index (χ1n) is 6.80. The lowest BCUT2D eigenvalue weighted by atomic mass is 9.80. The third kappa shape index (κ3) is 4.06. The Morgan fingerprint density at radius 3 is 1.86 bits per heavy atom. The monoisotopic (exact) mass is 312 g/mol. The van der Waals surface area contributed by atoms with E-state index in [1.54, 1.807) is 0 Å². The minimum atomic E-state index is -0.960. The van der Waals surface area contributed by atoms with Crippen LogP contribution in [0.25, 0.3) is 0 Å². The van der Waals surface area contributed by atoms with Gasteiger partial charge in [-0.2, -0.15) is 0 Å². The molecule has 0 aliphatic carbocycles. The first-order valence-corrected chi connectivity index (χ1v) is 7.78. The summed E-state index contributed by atoms with van der Waals surface area (Å²) in [5, 5.41) is 29.4. The van der Waals surface area contributed by atoms with Crippen molar-refractivity contribution < 1.29 is 20.1 Å². The molecular weight excluding hydrogens is 288 g/mol. The number of aromatic hydroxyl groups is 2. The fourth-order valence-corrected chi connectivity index (χ4v) is 3.07. The van der Waals surface area contributed by atoms with Crippen molar-refractivity contribution in [2.24, 2.45) is 0 Å². The van der Waals surface area contributed by atoms with E-state index in [4.69, 9.17) is 5.11 Å². The number of phenolic OH excluding ortho intramolecular Hbond substituents is 2. The highest BCUT2D eigenvalue weighted by molar-refractivity contribution is 8.00. The quantitative estimate of drug-likeness (QED) is 0.583. The molecule has 1 rings (SSSR count). The van der Waals surface area contributed by atoms with Crippen molar-refractivity contribution in [1.82, 2.24) is 0 Å². The summed E-state index contributed by atoms with van der Waals surface area (Å²) in [6.45, 7) is 11.9. The molecule has 0 fully saturated rings. The average molecular weight is 312 g/mol. The molecule has 1 aromatic carbocycles. The number of rotatable bonds is 3. The third-order valence-corrected chi connectivity index (χ3v) is 4.28. The fourth-order valence-electron chi connectivity index (χ4n) is 2.05. The molecule has 1 aromatic rings. The van der Waals surface area contributed by atoms with Crippen LogP contribution >= 0.6 is 11.8 Å². The Bertz CT molecular complexity index is 551. The van der Waals surface area contributed by atoms with Gasteiger partial charge in [0.05, 0.1) is 10.6 Å². The Hall–Kier alpha value is -1.36. The SMILES string of the molecule is CC(C)(C)c1cc(C(C)(C)C)c(SCC(=O)O)c(O)c1O. The first-order chi connectivity index (χ1) is 9.35. The maximum absolute atomic E-state index is 10.8. The number of aliphatic carboxylic acids is 1. The van der Waals surface area contributed by atoms with Crippen LogP contribution in [0.15, 0.2) is 11.0 Å². The summed E-state index contributed by atoms with van der Waals surface area (Å²) in [6, 6.07) is 1.87. The van der Waals surface area contributed by atoms with Crippen LogP contribution in [0.3, 0.4) is 0 Å². The molecule has 0 bridgehead atoms. The van der Waals surface area contributed by atoms with Crippen LogP contribution in [-0.4, -0.2) is 27.0 Å². The standard InChI is InChI=1S/C16H24O4S/c1-15(2,3)9-7-10(16(4,5)6)14(13(20)12(9)19)21-8-11(17)18/h7,19-20H,8H2,1-6H3,(H,17,18). The summed E-state index contributed by atoms with van der Waals surface area (Å²) in [7, 11) is 0. The fraction of sp³-hybridized carbons (Fsp3) is 0.562. The number of thioether (sulfide) groups is 1. The Kier molecular flexibility index (Phi) is 4.88. The van der Waals surface area contributed by atoms with Crippen molar-refractivity contribution in [3.8, 4) is 11.5 Å². The molecule has 4 nitrogen and oxygen atoms in total. The second-order valence-electron chi connectivity index (χ2n) is 7.18. The van der Waals surface area contributed by atoms with E-state index in [0.717, 1.165) is 17.3 Å². The van der Waals surface area contributed by atoms with Gasteiger partial charge in [0, 0.05) is 5.56 Å². The van der Waals surface area contributed by atoms with E-state index >= 15 is 0 Å². The zero-order chi connectivity index (χ0) is 16.6. The second-order valence-corrected chi connectivity index (χ2v) is 8.17. The van der Waals surface area contributed by atoms with Crippen LogP contribution in [-0.2, 0) is 15.6 Å². The van der Waals surface area contributed by atoms with Gasteiger partial charge in [0.15, 0.2) is 11.5 Å². The van der Waals surface area contributed by atoms with Crippen molar-refractivity contribution in [1.29, 1.82) is 0 Å². The number of benzene rings is 1. The molecule has 0 spiro atoms. The molecule has 0 radical (unpaired) electrons. The Balaban J connectivity index is 3.56. The van der Waals surface area contributed by atoms with Crippen LogP contribution < -0.4 is 0 Å². The average Bonchev–Trinajstić information content (AvgIpc) is 2.27. The number of carboxylic acid groups (broad SMARTS) is 1. The van der Waals surface area contributed by atoms with Crippen molar-refractivity contribution in [2.45, 2.75) is 57.3 Å². The molecule has 5 heteroatoms. The predicted molar refractivity (Wildman–Crippen MR) is 85.5 cm³/mol. The van der Waals surface area contributed by atoms with Crippen LogP contribution in [0, 0.1) is 0 Å². The second kappa shape index (κ2) is 5.79. The summed E-state index contributed by atoms with van der Waals surface area (Å²) in [6.07, 6.45) is 0. The summed E-state index contributed by atoms with van der Waals surface area (Å²) >= 11 is 1.03. The number of carbonyl (C=O) groups is 1. The van der Waals surface area contributed by atoms with Crippen molar-refractivity contribution >= 4 is 17.7 Å². The van der Waals surface area contributed by atoms with Gasteiger partial charge in [-0.05, 0) is 22.5 Å². The zero-order valence-corrected chi connectivity index (χ0v) is 14.3.